The molecule has 0 bridgehead atoms. The van der Waals surface area contributed by atoms with Gasteiger partial charge in [0.25, 0.3) is 0 Å². The molecular weight excluding hydrogens is 350 g/mol. The molecule has 3 aliphatic rings. The summed E-state index contributed by atoms with van der Waals surface area (Å²) in [5, 5.41) is 9.36. The van der Waals surface area contributed by atoms with Gasteiger partial charge in [0, 0.05) is 0 Å². The van der Waals surface area contributed by atoms with Gasteiger partial charge >= 0.3 is 0 Å². The molecule has 0 amide bonds. The summed E-state index contributed by atoms with van der Waals surface area (Å²) < 4.78 is 0. The molecule has 1 nitrogen and oxygen atoms in total. The largest absolute Gasteiger partial charge is 0.198 e. The fourth-order valence-corrected chi connectivity index (χ4v) is 5.92. The second-order valence-corrected chi connectivity index (χ2v) is 10.7. The van der Waals surface area contributed by atoms with Crippen LogP contribution in [0.2, 0.25) is 0 Å². The Morgan fingerprint density at radius 2 is 1.93 bits per heavy atom. The quantitative estimate of drug-likeness (QED) is 0.432. The average Bonchev–Trinajstić information content (AvgIpc) is 3.04. The average molecular weight is 392 g/mol. The second kappa shape index (κ2) is 9.07. The molecule has 3 rings (SSSR count). The van der Waals surface area contributed by atoms with Crippen LogP contribution in [0.3, 0.4) is 0 Å². The standard InChI is InChI=1S/C28H41N/c1-21-10-6-7-12-23(21)15-16-24-13-9-19-28(5)25(17-18-26(24)28)14-8-11-22(2)27(3,4)20-29/h8,11,15-16,22,25-26H,1,6-7,9-10,12-14,17-19H2,2-5H3/b11-8+,23-15-,24-16+. The molecule has 3 aliphatic carbocycles. The Morgan fingerprint density at radius 3 is 2.66 bits per heavy atom. The Morgan fingerprint density at radius 1 is 1.17 bits per heavy atom. The Balaban J connectivity index is 1.68. The van der Waals surface area contributed by atoms with Gasteiger partial charge in [-0.2, -0.15) is 5.26 Å². The zero-order chi connectivity index (χ0) is 21.1. The number of fused-ring (bicyclic) bond motifs is 1. The van der Waals surface area contributed by atoms with E-state index in [2.05, 4.69) is 50.8 Å². The van der Waals surface area contributed by atoms with Crippen LogP contribution in [0.25, 0.3) is 0 Å². The van der Waals surface area contributed by atoms with Gasteiger partial charge in [0.1, 0.15) is 0 Å². The summed E-state index contributed by atoms with van der Waals surface area (Å²) >= 11 is 0. The van der Waals surface area contributed by atoms with Gasteiger partial charge in [-0.15, -0.1) is 0 Å². The van der Waals surface area contributed by atoms with Crippen LogP contribution in [0, 0.1) is 39.9 Å². The van der Waals surface area contributed by atoms with Crippen molar-refractivity contribution in [2.45, 2.75) is 91.9 Å². The molecule has 0 radical (unpaired) electrons. The summed E-state index contributed by atoms with van der Waals surface area (Å²) in [5.41, 5.74) is 4.74. The highest BCUT2D eigenvalue weighted by Crippen LogP contribution is 2.58. The summed E-state index contributed by atoms with van der Waals surface area (Å²) in [4.78, 5) is 0. The first kappa shape index (κ1) is 22.1. The lowest BCUT2D eigenvalue weighted by Gasteiger charge is -2.42. The summed E-state index contributed by atoms with van der Waals surface area (Å²) in [5.74, 6) is 1.84. The zero-order valence-electron chi connectivity index (χ0n) is 19.3. The Kier molecular flexibility index (Phi) is 6.93. The third kappa shape index (κ3) is 4.79. The lowest BCUT2D eigenvalue weighted by atomic mass is 9.63. The van der Waals surface area contributed by atoms with Crippen LogP contribution in [0.4, 0.5) is 0 Å². The predicted octanol–water partition coefficient (Wildman–Crippen LogP) is 8.32. The highest BCUT2D eigenvalue weighted by atomic mass is 14.5. The van der Waals surface area contributed by atoms with Crippen molar-refractivity contribution < 1.29 is 0 Å². The summed E-state index contributed by atoms with van der Waals surface area (Å²) in [6, 6.07) is 2.45. The SMILES string of the molecule is C=C1CCCC/C1=C/C=C1\CCCC2(C)C(C/C=C/C(C)C(C)(C)C#N)CCC12. The predicted molar refractivity (Wildman–Crippen MR) is 124 cm³/mol. The fourth-order valence-electron chi connectivity index (χ4n) is 5.92. The van der Waals surface area contributed by atoms with E-state index >= 15 is 0 Å². The first-order valence-corrected chi connectivity index (χ1v) is 11.9. The first-order chi connectivity index (χ1) is 13.8. The second-order valence-electron chi connectivity index (χ2n) is 10.7. The van der Waals surface area contributed by atoms with Gasteiger partial charge in [0.2, 0.25) is 0 Å². The van der Waals surface area contributed by atoms with Gasteiger partial charge < -0.3 is 0 Å². The molecule has 4 unspecified atom stereocenters. The van der Waals surface area contributed by atoms with E-state index in [-0.39, 0.29) is 5.41 Å². The minimum Gasteiger partial charge on any atom is -0.198 e. The molecule has 0 N–H and O–H groups in total. The number of nitrogens with zero attached hydrogens (tertiary/aromatic N) is 1. The van der Waals surface area contributed by atoms with Crippen molar-refractivity contribution in [1.29, 1.82) is 5.26 Å². The molecule has 29 heavy (non-hydrogen) atoms. The number of nitriles is 1. The number of hydrogen-bond donors (Lipinski definition) is 0. The summed E-state index contributed by atoms with van der Waals surface area (Å²) in [7, 11) is 0. The van der Waals surface area contributed by atoms with Crippen LogP contribution >= 0.6 is 0 Å². The van der Waals surface area contributed by atoms with E-state index in [4.69, 9.17) is 0 Å². The number of rotatable bonds is 5. The van der Waals surface area contributed by atoms with Crippen molar-refractivity contribution >= 4 is 0 Å². The van der Waals surface area contributed by atoms with Crippen LogP contribution in [0.1, 0.15) is 91.9 Å². The van der Waals surface area contributed by atoms with Crippen molar-refractivity contribution in [2.24, 2.45) is 28.6 Å². The Labute approximate surface area is 179 Å². The van der Waals surface area contributed by atoms with E-state index in [0.29, 0.717) is 11.3 Å². The molecule has 0 aliphatic heterocycles. The third-order valence-electron chi connectivity index (χ3n) is 8.56. The van der Waals surface area contributed by atoms with E-state index in [1.807, 2.05) is 13.8 Å². The maximum atomic E-state index is 9.36. The van der Waals surface area contributed by atoms with Gasteiger partial charge in [-0.05, 0) is 107 Å². The molecule has 3 fully saturated rings. The van der Waals surface area contributed by atoms with Crippen molar-refractivity contribution in [3.05, 3.63) is 47.6 Å². The normalized spacial score (nSPS) is 34.5. The van der Waals surface area contributed by atoms with Crippen molar-refractivity contribution in [2.75, 3.05) is 0 Å². The number of hydrogen-bond acceptors (Lipinski definition) is 1. The van der Waals surface area contributed by atoms with Gasteiger partial charge in [-0.3, -0.25) is 0 Å². The van der Waals surface area contributed by atoms with E-state index in [1.165, 1.54) is 75.4 Å². The molecule has 0 aromatic carbocycles. The van der Waals surface area contributed by atoms with Gasteiger partial charge in [0.15, 0.2) is 0 Å². The monoisotopic (exact) mass is 391 g/mol. The smallest absolute Gasteiger partial charge is 0.0690 e. The fraction of sp³-hybridized carbons (Fsp3) is 0.679. The molecule has 0 spiro atoms. The van der Waals surface area contributed by atoms with Gasteiger partial charge in [-0.25, -0.2) is 0 Å². The van der Waals surface area contributed by atoms with Crippen molar-refractivity contribution in [1.82, 2.24) is 0 Å². The highest BCUT2D eigenvalue weighted by molar-refractivity contribution is 5.35. The van der Waals surface area contributed by atoms with E-state index in [9.17, 15) is 5.26 Å². The molecule has 0 heterocycles. The van der Waals surface area contributed by atoms with E-state index < -0.39 is 0 Å². The Hall–Kier alpha value is -1.55. The molecule has 3 saturated carbocycles. The van der Waals surface area contributed by atoms with Crippen LogP contribution in [0.5, 0.6) is 0 Å². The van der Waals surface area contributed by atoms with E-state index in [1.54, 1.807) is 5.57 Å². The lowest BCUT2D eigenvalue weighted by Crippen LogP contribution is -2.33. The summed E-state index contributed by atoms with van der Waals surface area (Å²) in [6.45, 7) is 13.1. The maximum Gasteiger partial charge on any atom is 0.0690 e. The van der Waals surface area contributed by atoms with Crippen molar-refractivity contribution in [3.63, 3.8) is 0 Å². The molecule has 0 saturated heterocycles. The molecule has 1 heteroatoms. The molecule has 0 aromatic rings. The van der Waals surface area contributed by atoms with Crippen LogP contribution in [-0.2, 0) is 0 Å². The molecule has 4 atom stereocenters. The third-order valence-corrected chi connectivity index (χ3v) is 8.56. The minimum absolute atomic E-state index is 0.282. The van der Waals surface area contributed by atoms with Gasteiger partial charge in [-0.1, -0.05) is 55.9 Å². The maximum absolute atomic E-state index is 9.36. The highest BCUT2D eigenvalue weighted by Gasteiger charge is 2.48. The zero-order valence-corrected chi connectivity index (χ0v) is 19.3. The molecular formula is C28H41N. The van der Waals surface area contributed by atoms with Crippen LogP contribution < -0.4 is 0 Å². The Bertz CT molecular complexity index is 741. The molecule has 158 valence electrons. The van der Waals surface area contributed by atoms with Crippen LogP contribution in [-0.4, -0.2) is 0 Å². The van der Waals surface area contributed by atoms with Crippen LogP contribution in [0.15, 0.2) is 47.6 Å². The topological polar surface area (TPSA) is 23.8 Å². The van der Waals surface area contributed by atoms with Crippen molar-refractivity contribution in [3.8, 4) is 6.07 Å². The number of allylic oxidation sites excluding steroid dienone is 7. The lowest BCUT2D eigenvalue weighted by molar-refractivity contribution is 0.137. The first-order valence-electron chi connectivity index (χ1n) is 11.9. The molecule has 0 aromatic heterocycles. The van der Waals surface area contributed by atoms with Gasteiger partial charge in [0.05, 0.1) is 11.5 Å². The summed E-state index contributed by atoms with van der Waals surface area (Å²) in [6.07, 6.45) is 22.5. The minimum atomic E-state index is -0.282. The van der Waals surface area contributed by atoms with E-state index in [0.717, 1.165) is 11.8 Å².